The smallest absolute Gasteiger partial charge is 0.254 e. The Morgan fingerprint density at radius 2 is 1.74 bits per heavy atom. The number of halogens is 1. The second-order valence-corrected chi connectivity index (χ2v) is 7.56. The topological polar surface area (TPSA) is 107 Å². The van der Waals surface area contributed by atoms with Gasteiger partial charge in [-0.1, -0.05) is 24.8 Å². The van der Waals surface area contributed by atoms with Crippen LogP contribution in [0.4, 0.5) is 10.2 Å². The lowest BCUT2D eigenvalue weighted by molar-refractivity contribution is -0.117. The van der Waals surface area contributed by atoms with Crippen molar-refractivity contribution in [3.8, 4) is 23.1 Å². The highest BCUT2D eigenvalue weighted by molar-refractivity contribution is 5.95. The van der Waals surface area contributed by atoms with Crippen LogP contribution in [0.15, 0.2) is 73.3 Å². The number of nitrogens with two attached hydrogens (primary N) is 1. The lowest BCUT2D eigenvalue weighted by Gasteiger charge is -2.27. The van der Waals surface area contributed by atoms with Crippen LogP contribution in [0, 0.1) is 5.82 Å². The van der Waals surface area contributed by atoms with Gasteiger partial charge in [-0.15, -0.1) is 0 Å². The molecule has 2 amide bonds. The molecule has 4 rings (SSSR count). The minimum atomic E-state index is -0.880. The van der Waals surface area contributed by atoms with Gasteiger partial charge in [0.1, 0.15) is 29.0 Å². The van der Waals surface area contributed by atoms with E-state index >= 15 is 0 Å². The van der Waals surface area contributed by atoms with E-state index in [1.165, 1.54) is 0 Å². The molecule has 8 nitrogen and oxygen atoms in total. The third-order valence-electron chi connectivity index (χ3n) is 5.22. The largest absolute Gasteiger partial charge is 0.457 e. The van der Waals surface area contributed by atoms with Crippen LogP contribution >= 0.6 is 0 Å². The van der Waals surface area contributed by atoms with Crippen LogP contribution in [0.3, 0.4) is 0 Å². The van der Waals surface area contributed by atoms with Gasteiger partial charge in [-0.3, -0.25) is 9.59 Å². The molecule has 1 unspecified atom stereocenters. The Hall–Kier alpha value is -4.40. The standard InChI is InChI=1S/C25H23FN4O4/c1-2-22(31)28-21-9-6-14-30(21)24-20(26)15-19(23(27)32)25(29-24)34-18-12-10-17(11-13-18)33-16-7-4-3-5-8-16/h2-5,7-8,10-13,15,21H,1,6,9,14H2,(H2,27,32)(H,28,31). The van der Waals surface area contributed by atoms with Crippen molar-refractivity contribution in [1.82, 2.24) is 10.3 Å². The first kappa shape index (κ1) is 22.8. The first-order valence-electron chi connectivity index (χ1n) is 10.7. The third kappa shape index (κ3) is 5.15. The lowest BCUT2D eigenvalue weighted by Crippen LogP contribution is -2.44. The molecule has 174 valence electrons. The Kier molecular flexibility index (Phi) is 6.72. The number of aromatic nitrogens is 1. The summed E-state index contributed by atoms with van der Waals surface area (Å²) in [5.41, 5.74) is 5.24. The summed E-state index contributed by atoms with van der Waals surface area (Å²) in [6, 6.07) is 16.9. The SMILES string of the molecule is C=CC(=O)NC1CCCN1c1nc(Oc2ccc(Oc3ccccc3)cc2)c(C(N)=O)cc1F. The summed E-state index contributed by atoms with van der Waals surface area (Å²) < 4.78 is 26.5. The summed E-state index contributed by atoms with van der Waals surface area (Å²) in [4.78, 5) is 29.6. The molecule has 1 aliphatic heterocycles. The highest BCUT2D eigenvalue weighted by Gasteiger charge is 2.30. The van der Waals surface area contributed by atoms with E-state index < -0.39 is 17.9 Å². The van der Waals surface area contributed by atoms with Crippen molar-refractivity contribution in [1.29, 1.82) is 0 Å². The minimum absolute atomic E-state index is 0.0455. The molecule has 9 heteroatoms. The molecule has 0 saturated carbocycles. The number of pyridine rings is 1. The maximum absolute atomic E-state index is 14.9. The predicted octanol–water partition coefficient (Wildman–Crippen LogP) is 4.13. The van der Waals surface area contributed by atoms with Gasteiger partial charge in [-0.25, -0.2) is 4.39 Å². The van der Waals surface area contributed by atoms with E-state index in [0.717, 1.165) is 18.6 Å². The fraction of sp³-hybridized carbons (Fsp3) is 0.160. The molecular formula is C25H23FN4O4. The summed E-state index contributed by atoms with van der Waals surface area (Å²) in [5, 5.41) is 2.75. The van der Waals surface area contributed by atoms with E-state index in [1.807, 2.05) is 30.3 Å². The molecule has 1 saturated heterocycles. The van der Waals surface area contributed by atoms with Gasteiger partial charge in [-0.05, 0) is 61.4 Å². The van der Waals surface area contributed by atoms with Crippen LogP contribution in [0.2, 0.25) is 0 Å². The van der Waals surface area contributed by atoms with E-state index in [4.69, 9.17) is 15.2 Å². The number of nitrogens with one attached hydrogen (secondary N) is 1. The zero-order valence-corrected chi connectivity index (χ0v) is 18.2. The molecule has 1 fully saturated rings. The fourth-order valence-corrected chi connectivity index (χ4v) is 3.62. The maximum Gasteiger partial charge on any atom is 0.254 e. The van der Waals surface area contributed by atoms with E-state index in [0.29, 0.717) is 30.2 Å². The van der Waals surface area contributed by atoms with Crippen molar-refractivity contribution < 1.29 is 23.5 Å². The number of hydrogen-bond acceptors (Lipinski definition) is 6. The van der Waals surface area contributed by atoms with Gasteiger partial charge in [0.2, 0.25) is 11.8 Å². The maximum atomic E-state index is 14.9. The monoisotopic (exact) mass is 462 g/mol. The van der Waals surface area contributed by atoms with Crippen LogP contribution in [0.5, 0.6) is 23.1 Å². The molecular weight excluding hydrogens is 439 g/mol. The first-order chi connectivity index (χ1) is 16.4. The second-order valence-electron chi connectivity index (χ2n) is 7.56. The molecule has 3 N–H and O–H groups in total. The number of nitrogens with zero attached hydrogens (tertiary/aromatic N) is 2. The Balaban J connectivity index is 1.59. The van der Waals surface area contributed by atoms with Crippen molar-refractivity contribution in [2.24, 2.45) is 5.73 Å². The number of amides is 2. The van der Waals surface area contributed by atoms with Gasteiger partial charge in [0.25, 0.3) is 5.91 Å². The molecule has 0 radical (unpaired) electrons. The number of benzene rings is 2. The zero-order valence-electron chi connectivity index (χ0n) is 18.2. The molecule has 3 aromatic rings. The number of primary amides is 1. The third-order valence-corrected chi connectivity index (χ3v) is 5.22. The normalized spacial score (nSPS) is 15.0. The lowest BCUT2D eigenvalue weighted by atomic mass is 10.2. The Morgan fingerprint density at radius 1 is 1.09 bits per heavy atom. The Morgan fingerprint density at radius 3 is 2.38 bits per heavy atom. The highest BCUT2D eigenvalue weighted by Crippen LogP contribution is 2.32. The Bertz CT molecular complexity index is 1200. The Labute approximate surface area is 195 Å². The van der Waals surface area contributed by atoms with Crippen molar-refractivity contribution in [2.75, 3.05) is 11.4 Å². The molecule has 1 aliphatic rings. The van der Waals surface area contributed by atoms with Crippen molar-refractivity contribution in [3.63, 3.8) is 0 Å². The van der Waals surface area contributed by atoms with Crippen molar-refractivity contribution in [2.45, 2.75) is 19.0 Å². The van der Waals surface area contributed by atoms with Crippen LogP contribution in [-0.4, -0.2) is 29.5 Å². The average molecular weight is 462 g/mol. The summed E-state index contributed by atoms with van der Waals surface area (Å²) in [6.07, 6.45) is 2.02. The van der Waals surface area contributed by atoms with Crippen molar-refractivity contribution >= 4 is 17.6 Å². The van der Waals surface area contributed by atoms with Crippen molar-refractivity contribution in [3.05, 3.63) is 84.7 Å². The van der Waals surface area contributed by atoms with E-state index in [9.17, 15) is 14.0 Å². The number of ether oxygens (including phenoxy) is 2. The molecule has 0 bridgehead atoms. The predicted molar refractivity (Wildman–Crippen MR) is 124 cm³/mol. The number of carbonyl (C=O) groups excluding carboxylic acids is 2. The average Bonchev–Trinajstić information content (AvgIpc) is 3.29. The molecule has 0 spiro atoms. The van der Waals surface area contributed by atoms with Crippen LogP contribution < -0.4 is 25.4 Å². The quantitative estimate of drug-likeness (QED) is 0.488. The number of rotatable bonds is 8. The van der Waals surface area contributed by atoms with E-state index in [1.54, 1.807) is 29.2 Å². The van der Waals surface area contributed by atoms with Gasteiger partial charge in [0, 0.05) is 6.54 Å². The van der Waals surface area contributed by atoms with Gasteiger partial charge in [0.15, 0.2) is 11.6 Å². The molecule has 1 atom stereocenters. The van der Waals surface area contributed by atoms with E-state index in [2.05, 4.69) is 16.9 Å². The van der Waals surface area contributed by atoms with E-state index in [-0.39, 0.29) is 23.2 Å². The molecule has 1 aromatic heterocycles. The number of anilines is 1. The zero-order chi connectivity index (χ0) is 24.1. The first-order valence-corrected chi connectivity index (χ1v) is 10.7. The summed E-state index contributed by atoms with van der Waals surface area (Å²) >= 11 is 0. The van der Waals surface area contributed by atoms with Gasteiger partial charge < -0.3 is 25.4 Å². The molecule has 0 aliphatic carbocycles. The summed E-state index contributed by atoms with van der Waals surface area (Å²) in [5.74, 6) is -0.564. The van der Waals surface area contributed by atoms with Gasteiger partial charge in [0.05, 0.1) is 0 Å². The van der Waals surface area contributed by atoms with Crippen LogP contribution in [-0.2, 0) is 4.79 Å². The second kappa shape index (κ2) is 10.0. The molecule has 2 aromatic carbocycles. The van der Waals surface area contributed by atoms with Crippen LogP contribution in [0.1, 0.15) is 23.2 Å². The minimum Gasteiger partial charge on any atom is -0.457 e. The summed E-state index contributed by atoms with van der Waals surface area (Å²) in [6.45, 7) is 3.90. The van der Waals surface area contributed by atoms with Gasteiger partial charge in [-0.2, -0.15) is 4.98 Å². The molecule has 34 heavy (non-hydrogen) atoms. The highest BCUT2D eigenvalue weighted by atomic mass is 19.1. The number of para-hydroxylation sites is 1. The van der Waals surface area contributed by atoms with Gasteiger partial charge >= 0.3 is 0 Å². The van der Waals surface area contributed by atoms with Crippen LogP contribution in [0.25, 0.3) is 0 Å². The summed E-state index contributed by atoms with van der Waals surface area (Å²) in [7, 11) is 0. The fourth-order valence-electron chi connectivity index (χ4n) is 3.62. The molecule has 2 heterocycles. The number of carbonyl (C=O) groups is 2. The number of hydrogen-bond donors (Lipinski definition) is 2.